The van der Waals surface area contributed by atoms with Crippen molar-refractivity contribution in [2.45, 2.75) is 12.5 Å². The van der Waals surface area contributed by atoms with E-state index in [0.717, 1.165) is 0 Å². The Morgan fingerprint density at radius 3 is 3.05 bits per heavy atom. The number of methoxy groups -OCH3 is 2. The molecule has 0 saturated heterocycles. The van der Waals surface area contributed by atoms with E-state index >= 15 is 0 Å². The molecular weight excluding hydrogens is 290 g/mol. The predicted molar refractivity (Wildman–Crippen MR) is 78.0 cm³/mol. The highest BCUT2D eigenvalue weighted by atomic mass is 16.5. The average Bonchev–Trinajstić information content (AvgIpc) is 2.52. The monoisotopic (exact) mass is 309 g/mol. The smallest absolute Gasteiger partial charge is 0.262 e. The fourth-order valence-electron chi connectivity index (χ4n) is 2.03. The van der Waals surface area contributed by atoms with Crippen LogP contribution in [0.1, 0.15) is 16.8 Å². The van der Waals surface area contributed by atoms with Crippen molar-refractivity contribution in [2.75, 3.05) is 39.4 Å². The first-order valence-electron chi connectivity index (χ1n) is 6.85. The number of hydrogen-bond donors (Lipinski definition) is 2. The van der Waals surface area contributed by atoms with E-state index in [0.29, 0.717) is 36.8 Å². The van der Waals surface area contributed by atoms with Gasteiger partial charge in [0.25, 0.3) is 11.8 Å². The van der Waals surface area contributed by atoms with Crippen LogP contribution < -0.4 is 15.4 Å². The van der Waals surface area contributed by atoms with E-state index in [1.807, 2.05) is 0 Å². The first kappa shape index (κ1) is 16.2. The molecule has 22 heavy (non-hydrogen) atoms. The minimum Gasteiger partial charge on any atom is -0.466 e. The molecule has 1 aliphatic heterocycles. The number of carbonyl (C=O) groups excluding carboxylic acids is 2. The number of rotatable bonds is 7. The Morgan fingerprint density at radius 1 is 1.50 bits per heavy atom. The molecule has 2 amide bonds. The number of anilines is 1. The minimum absolute atomic E-state index is 0.0710. The lowest BCUT2D eigenvalue weighted by Crippen LogP contribution is -2.39. The third-order valence-corrected chi connectivity index (χ3v) is 3.10. The van der Waals surface area contributed by atoms with E-state index in [2.05, 4.69) is 15.6 Å². The van der Waals surface area contributed by atoms with Gasteiger partial charge in [-0.15, -0.1) is 0 Å². The molecule has 0 unspecified atom stereocenters. The summed E-state index contributed by atoms with van der Waals surface area (Å²) in [5.41, 5.74) is 0.729. The van der Waals surface area contributed by atoms with Crippen LogP contribution in [0.4, 0.5) is 5.69 Å². The molecule has 1 aliphatic rings. The summed E-state index contributed by atoms with van der Waals surface area (Å²) in [6.07, 6.45) is 2.04. The standard InChI is InChI=1S/C14H19N3O5/c1-20-4-3-10(7-21-2)16-13(19)9-5-11-14(15-6-9)22-8-12(18)17-11/h5-6,10H,3-4,7-8H2,1-2H3,(H,16,19)(H,17,18)/t10-/m0/s1. The summed E-state index contributed by atoms with van der Waals surface area (Å²) in [5.74, 6) is -0.263. The van der Waals surface area contributed by atoms with E-state index in [1.54, 1.807) is 14.2 Å². The Labute approximate surface area is 128 Å². The van der Waals surface area contributed by atoms with Crippen molar-refractivity contribution in [1.82, 2.24) is 10.3 Å². The Morgan fingerprint density at radius 2 is 2.32 bits per heavy atom. The topological polar surface area (TPSA) is 98.8 Å². The maximum Gasteiger partial charge on any atom is 0.262 e. The summed E-state index contributed by atoms with van der Waals surface area (Å²) in [6.45, 7) is 0.826. The molecule has 1 aromatic heterocycles. The minimum atomic E-state index is -0.298. The molecule has 2 rings (SSSR count). The number of nitrogens with one attached hydrogen (secondary N) is 2. The van der Waals surface area contributed by atoms with Crippen LogP contribution in [0.5, 0.6) is 5.88 Å². The lowest BCUT2D eigenvalue weighted by atomic mass is 10.2. The molecular formula is C14H19N3O5. The fourth-order valence-corrected chi connectivity index (χ4v) is 2.03. The number of hydrogen-bond acceptors (Lipinski definition) is 6. The Hall–Kier alpha value is -2.19. The van der Waals surface area contributed by atoms with Gasteiger partial charge in [0.15, 0.2) is 6.61 Å². The number of amides is 2. The van der Waals surface area contributed by atoms with Crippen LogP contribution in [-0.4, -0.2) is 56.9 Å². The summed E-state index contributed by atoms with van der Waals surface area (Å²) in [6, 6.07) is 1.37. The highest BCUT2D eigenvalue weighted by Crippen LogP contribution is 2.25. The van der Waals surface area contributed by atoms with Crippen LogP contribution >= 0.6 is 0 Å². The van der Waals surface area contributed by atoms with E-state index in [-0.39, 0.29) is 24.5 Å². The van der Waals surface area contributed by atoms with Crippen molar-refractivity contribution in [3.8, 4) is 5.88 Å². The first-order chi connectivity index (χ1) is 10.6. The summed E-state index contributed by atoms with van der Waals surface area (Å²) < 4.78 is 15.2. The predicted octanol–water partition coefficient (Wildman–Crippen LogP) is 0.194. The zero-order valence-electron chi connectivity index (χ0n) is 12.5. The fraction of sp³-hybridized carbons (Fsp3) is 0.500. The molecule has 1 aromatic rings. The van der Waals surface area contributed by atoms with Gasteiger partial charge in [0.1, 0.15) is 5.69 Å². The van der Waals surface area contributed by atoms with Crippen LogP contribution in [0.2, 0.25) is 0 Å². The molecule has 0 fully saturated rings. The largest absolute Gasteiger partial charge is 0.466 e. The number of pyridine rings is 1. The average molecular weight is 309 g/mol. The van der Waals surface area contributed by atoms with E-state index in [1.165, 1.54) is 12.3 Å². The van der Waals surface area contributed by atoms with Crippen LogP contribution in [0.25, 0.3) is 0 Å². The maximum absolute atomic E-state index is 12.3. The van der Waals surface area contributed by atoms with Gasteiger partial charge in [-0.05, 0) is 12.5 Å². The van der Waals surface area contributed by atoms with E-state index < -0.39 is 0 Å². The molecule has 2 heterocycles. The van der Waals surface area contributed by atoms with Gasteiger partial charge in [0.2, 0.25) is 5.88 Å². The number of ether oxygens (including phenoxy) is 3. The number of nitrogens with zero attached hydrogens (tertiary/aromatic N) is 1. The van der Waals surface area contributed by atoms with Crippen LogP contribution in [0, 0.1) is 0 Å². The van der Waals surface area contributed by atoms with E-state index in [9.17, 15) is 9.59 Å². The van der Waals surface area contributed by atoms with Gasteiger partial charge in [-0.1, -0.05) is 0 Å². The first-order valence-corrected chi connectivity index (χ1v) is 6.85. The molecule has 0 radical (unpaired) electrons. The number of fused-ring (bicyclic) bond motifs is 1. The zero-order chi connectivity index (χ0) is 15.9. The SMILES string of the molecule is COCC[C@@H](COC)NC(=O)c1cnc2c(c1)NC(=O)CO2. The van der Waals surface area contributed by atoms with Crippen molar-refractivity contribution < 1.29 is 23.8 Å². The quantitative estimate of drug-likeness (QED) is 0.746. The summed E-state index contributed by atoms with van der Waals surface area (Å²) in [5, 5.41) is 5.47. The van der Waals surface area contributed by atoms with Crippen molar-refractivity contribution in [1.29, 1.82) is 0 Å². The zero-order valence-corrected chi connectivity index (χ0v) is 12.5. The van der Waals surface area contributed by atoms with Crippen LogP contribution in [0.15, 0.2) is 12.3 Å². The van der Waals surface area contributed by atoms with Crippen LogP contribution in [-0.2, 0) is 14.3 Å². The van der Waals surface area contributed by atoms with Gasteiger partial charge in [-0.25, -0.2) is 4.98 Å². The van der Waals surface area contributed by atoms with E-state index in [4.69, 9.17) is 14.2 Å². The second-order valence-electron chi connectivity index (χ2n) is 4.82. The molecule has 0 aromatic carbocycles. The third-order valence-electron chi connectivity index (χ3n) is 3.10. The number of aromatic nitrogens is 1. The Bertz CT molecular complexity index is 549. The van der Waals surface area contributed by atoms with Gasteiger partial charge in [-0.2, -0.15) is 0 Å². The lowest BCUT2D eigenvalue weighted by Gasteiger charge is -2.19. The van der Waals surface area contributed by atoms with Crippen molar-refractivity contribution in [3.63, 3.8) is 0 Å². The summed E-state index contributed by atoms with van der Waals surface area (Å²) >= 11 is 0. The molecule has 1 atom stereocenters. The summed E-state index contributed by atoms with van der Waals surface area (Å²) in [4.78, 5) is 27.6. The highest BCUT2D eigenvalue weighted by molar-refractivity contribution is 5.99. The van der Waals surface area contributed by atoms with Crippen molar-refractivity contribution in [2.24, 2.45) is 0 Å². The van der Waals surface area contributed by atoms with Crippen molar-refractivity contribution in [3.05, 3.63) is 17.8 Å². The van der Waals surface area contributed by atoms with Gasteiger partial charge in [-0.3, -0.25) is 9.59 Å². The van der Waals surface area contributed by atoms with Gasteiger partial charge in [0, 0.05) is 27.0 Å². The van der Waals surface area contributed by atoms with Gasteiger partial charge in [0.05, 0.1) is 18.2 Å². The molecule has 0 bridgehead atoms. The molecule has 0 spiro atoms. The molecule has 8 nitrogen and oxygen atoms in total. The lowest BCUT2D eigenvalue weighted by molar-refractivity contribution is -0.118. The molecule has 120 valence electrons. The molecule has 2 N–H and O–H groups in total. The second kappa shape index (κ2) is 7.71. The normalized spacial score (nSPS) is 14.5. The summed E-state index contributed by atoms with van der Waals surface area (Å²) in [7, 11) is 3.17. The molecule has 0 aliphatic carbocycles. The third kappa shape index (κ3) is 4.15. The molecule has 8 heteroatoms. The number of carbonyl (C=O) groups is 2. The second-order valence-corrected chi connectivity index (χ2v) is 4.82. The van der Waals surface area contributed by atoms with Gasteiger partial charge >= 0.3 is 0 Å². The Balaban J connectivity index is 2.05. The van der Waals surface area contributed by atoms with Crippen LogP contribution in [0.3, 0.4) is 0 Å². The maximum atomic E-state index is 12.3. The molecule has 0 saturated carbocycles. The Kier molecular flexibility index (Phi) is 5.68. The van der Waals surface area contributed by atoms with Gasteiger partial charge < -0.3 is 24.8 Å². The highest BCUT2D eigenvalue weighted by Gasteiger charge is 2.20. The van der Waals surface area contributed by atoms with Crippen molar-refractivity contribution >= 4 is 17.5 Å².